The smallest absolute Gasteiger partial charge is 0.260 e. The molecule has 0 bridgehead atoms. The maximum atomic E-state index is 13.1. The number of unbranched alkanes of at least 4 members (excludes halogenated alkanes) is 1. The van der Waals surface area contributed by atoms with Crippen LogP contribution in [0.1, 0.15) is 49.9 Å². The van der Waals surface area contributed by atoms with Crippen LogP contribution in [0.4, 0.5) is 17.5 Å². The van der Waals surface area contributed by atoms with Crippen LogP contribution < -0.4 is 21.3 Å². The molecule has 1 amide bonds. The number of hydrogen-bond donors (Lipinski definition) is 4. The van der Waals surface area contributed by atoms with Gasteiger partial charge in [0.05, 0.1) is 4.90 Å². The molecule has 1 aromatic carbocycles. The van der Waals surface area contributed by atoms with E-state index in [1.165, 1.54) is 29.7 Å². The van der Waals surface area contributed by atoms with Gasteiger partial charge in [0.15, 0.2) is 0 Å². The molecule has 10 nitrogen and oxygen atoms in total. The van der Waals surface area contributed by atoms with E-state index < -0.39 is 10.0 Å². The zero-order chi connectivity index (χ0) is 24.6. The van der Waals surface area contributed by atoms with E-state index >= 15 is 0 Å². The number of amides is 1. The van der Waals surface area contributed by atoms with E-state index in [1.807, 2.05) is 0 Å². The molecule has 0 radical (unpaired) electrons. The molecule has 1 fully saturated rings. The van der Waals surface area contributed by atoms with Gasteiger partial charge in [-0.2, -0.15) is 4.98 Å². The van der Waals surface area contributed by atoms with Gasteiger partial charge in [-0.25, -0.2) is 17.7 Å². The largest absolute Gasteiger partial charge is 0.366 e. The summed E-state index contributed by atoms with van der Waals surface area (Å²) in [6.45, 7) is 6.84. The summed E-state index contributed by atoms with van der Waals surface area (Å²) >= 11 is 0. The summed E-state index contributed by atoms with van der Waals surface area (Å²) in [6, 6.07) is 6.35. The maximum absolute atomic E-state index is 13.1. The molecular weight excluding hydrogens is 454 g/mol. The van der Waals surface area contributed by atoms with Crippen molar-refractivity contribution in [3.63, 3.8) is 0 Å². The van der Waals surface area contributed by atoms with Gasteiger partial charge >= 0.3 is 0 Å². The van der Waals surface area contributed by atoms with Gasteiger partial charge in [0.2, 0.25) is 16.0 Å². The van der Waals surface area contributed by atoms with Crippen LogP contribution in [-0.2, 0) is 10.0 Å². The molecule has 1 aliphatic rings. The Morgan fingerprint density at radius 2 is 1.88 bits per heavy atom. The fraction of sp³-hybridized carbons (Fsp3) is 0.522. The second-order valence-electron chi connectivity index (χ2n) is 8.30. The molecule has 1 aromatic heterocycles. The zero-order valence-corrected chi connectivity index (χ0v) is 20.9. The number of piperidine rings is 1. The Hall–Kier alpha value is -2.76. The van der Waals surface area contributed by atoms with Gasteiger partial charge in [-0.3, -0.25) is 4.79 Å². The van der Waals surface area contributed by atoms with Crippen LogP contribution >= 0.6 is 0 Å². The van der Waals surface area contributed by atoms with Crippen LogP contribution in [0.15, 0.2) is 35.4 Å². The SMILES string of the molecule is CCCCNc1ncc(C(=O)Nc2ccc(S(=O)(=O)N(C)CC)cc2)c(NC2CCNCC2)n1. The van der Waals surface area contributed by atoms with Crippen LogP contribution in [0.25, 0.3) is 0 Å². The highest BCUT2D eigenvalue weighted by atomic mass is 32.2. The third kappa shape index (κ3) is 6.64. The first-order valence-electron chi connectivity index (χ1n) is 11.8. The van der Waals surface area contributed by atoms with Gasteiger partial charge in [0, 0.05) is 38.1 Å². The van der Waals surface area contributed by atoms with Gasteiger partial charge in [0.25, 0.3) is 5.91 Å². The number of hydrogen-bond acceptors (Lipinski definition) is 8. The lowest BCUT2D eigenvalue weighted by molar-refractivity contribution is 0.102. The van der Waals surface area contributed by atoms with Gasteiger partial charge in [-0.15, -0.1) is 0 Å². The first-order valence-corrected chi connectivity index (χ1v) is 13.2. The molecule has 1 aliphatic heterocycles. The summed E-state index contributed by atoms with van der Waals surface area (Å²) < 4.78 is 26.2. The van der Waals surface area contributed by atoms with E-state index in [4.69, 9.17) is 0 Å². The Kier molecular flexibility index (Phi) is 9.20. The van der Waals surface area contributed by atoms with Crippen LogP contribution in [-0.4, -0.2) is 67.9 Å². The highest BCUT2D eigenvalue weighted by Gasteiger charge is 2.21. The van der Waals surface area contributed by atoms with Crippen molar-refractivity contribution in [2.75, 3.05) is 49.2 Å². The van der Waals surface area contributed by atoms with Gasteiger partial charge in [0.1, 0.15) is 11.4 Å². The van der Waals surface area contributed by atoms with Crippen molar-refractivity contribution in [2.45, 2.75) is 50.5 Å². The molecule has 0 unspecified atom stereocenters. The molecule has 2 aromatic rings. The number of nitrogens with zero attached hydrogens (tertiary/aromatic N) is 3. The van der Waals surface area contributed by atoms with Crippen LogP contribution in [0.5, 0.6) is 0 Å². The first kappa shape index (κ1) is 25.9. The van der Waals surface area contributed by atoms with Crippen molar-refractivity contribution < 1.29 is 13.2 Å². The maximum Gasteiger partial charge on any atom is 0.260 e. The topological polar surface area (TPSA) is 128 Å². The van der Waals surface area contributed by atoms with Crippen LogP contribution in [0, 0.1) is 0 Å². The Balaban J connectivity index is 1.78. The molecule has 186 valence electrons. The van der Waals surface area contributed by atoms with E-state index in [1.54, 1.807) is 19.1 Å². The van der Waals surface area contributed by atoms with Gasteiger partial charge < -0.3 is 21.3 Å². The lowest BCUT2D eigenvalue weighted by Crippen LogP contribution is -2.36. The molecule has 0 saturated carbocycles. The second-order valence-corrected chi connectivity index (χ2v) is 10.3. The van der Waals surface area contributed by atoms with Crippen molar-refractivity contribution >= 4 is 33.4 Å². The standard InChI is InChI=1S/C23H35N7O3S/c1-4-6-13-25-23-26-16-20(21(29-23)27-18-11-14-24-15-12-18)22(31)28-17-7-9-19(10-8-17)34(32,33)30(3)5-2/h7-10,16,18,24H,4-6,11-15H2,1-3H3,(H,28,31)(H2,25,26,27,29). The van der Waals surface area contributed by atoms with E-state index in [-0.39, 0.29) is 16.8 Å². The summed E-state index contributed by atoms with van der Waals surface area (Å²) in [5.74, 6) is 0.607. The summed E-state index contributed by atoms with van der Waals surface area (Å²) in [6.07, 6.45) is 5.46. The minimum atomic E-state index is -3.55. The van der Waals surface area contributed by atoms with Crippen LogP contribution in [0.3, 0.4) is 0 Å². The molecule has 2 heterocycles. The second kappa shape index (κ2) is 12.1. The third-order valence-electron chi connectivity index (χ3n) is 5.79. The third-order valence-corrected chi connectivity index (χ3v) is 7.74. The minimum Gasteiger partial charge on any atom is -0.366 e. The highest BCUT2D eigenvalue weighted by molar-refractivity contribution is 7.89. The summed E-state index contributed by atoms with van der Waals surface area (Å²) in [5, 5.41) is 12.8. The zero-order valence-electron chi connectivity index (χ0n) is 20.1. The predicted molar refractivity (Wildman–Crippen MR) is 135 cm³/mol. The molecule has 4 N–H and O–H groups in total. The number of anilines is 3. The number of sulfonamides is 1. The highest BCUT2D eigenvalue weighted by Crippen LogP contribution is 2.21. The van der Waals surface area contributed by atoms with E-state index in [0.717, 1.165) is 45.3 Å². The monoisotopic (exact) mass is 489 g/mol. The molecule has 34 heavy (non-hydrogen) atoms. The Morgan fingerprint density at radius 3 is 2.53 bits per heavy atom. The normalized spacial score (nSPS) is 14.7. The minimum absolute atomic E-state index is 0.175. The number of carbonyl (C=O) groups excluding carboxylic acids is 1. The van der Waals surface area contributed by atoms with Crippen molar-refractivity contribution in [3.05, 3.63) is 36.0 Å². The average molecular weight is 490 g/mol. The molecule has 11 heteroatoms. The van der Waals surface area contributed by atoms with E-state index in [2.05, 4.69) is 38.2 Å². The summed E-state index contributed by atoms with van der Waals surface area (Å²) in [7, 11) is -2.02. The molecule has 0 aliphatic carbocycles. The van der Waals surface area contributed by atoms with Crippen LogP contribution in [0.2, 0.25) is 0 Å². The number of carbonyl (C=O) groups is 1. The number of aromatic nitrogens is 2. The number of benzene rings is 1. The average Bonchev–Trinajstić information content (AvgIpc) is 2.84. The van der Waals surface area contributed by atoms with Gasteiger partial charge in [-0.1, -0.05) is 20.3 Å². The van der Waals surface area contributed by atoms with Crippen molar-refractivity contribution in [1.29, 1.82) is 0 Å². The summed E-state index contributed by atoms with van der Waals surface area (Å²) in [5.41, 5.74) is 0.822. The number of rotatable bonds is 11. The summed E-state index contributed by atoms with van der Waals surface area (Å²) in [4.78, 5) is 22.2. The quantitative estimate of drug-likeness (QED) is 0.355. The Labute approximate surface area is 202 Å². The molecule has 0 spiro atoms. The Bertz CT molecular complexity index is 1050. The van der Waals surface area contributed by atoms with Gasteiger partial charge in [-0.05, 0) is 56.6 Å². The lowest BCUT2D eigenvalue weighted by Gasteiger charge is -2.25. The predicted octanol–water partition coefficient (Wildman–Crippen LogP) is 2.75. The fourth-order valence-electron chi connectivity index (χ4n) is 3.54. The molecule has 0 atom stereocenters. The number of nitrogens with one attached hydrogen (secondary N) is 4. The molecular formula is C23H35N7O3S. The Morgan fingerprint density at radius 1 is 1.18 bits per heavy atom. The first-order chi connectivity index (χ1) is 16.3. The van der Waals surface area contributed by atoms with Crippen molar-refractivity contribution in [2.24, 2.45) is 0 Å². The molecule has 3 rings (SSSR count). The lowest BCUT2D eigenvalue weighted by atomic mass is 10.1. The van der Waals surface area contributed by atoms with E-state index in [0.29, 0.717) is 29.6 Å². The van der Waals surface area contributed by atoms with Crippen molar-refractivity contribution in [3.8, 4) is 0 Å². The fourth-order valence-corrected chi connectivity index (χ4v) is 4.72. The van der Waals surface area contributed by atoms with E-state index in [9.17, 15) is 13.2 Å². The molecule has 1 saturated heterocycles. The van der Waals surface area contributed by atoms with Crippen molar-refractivity contribution in [1.82, 2.24) is 19.6 Å².